The van der Waals surface area contributed by atoms with Gasteiger partial charge in [0.2, 0.25) is 5.91 Å². The fourth-order valence-electron chi connectivity index (χ4n) is 3.13. The van der Waals surface area contributed by atoms with Gasteiger partial charge in [0.1, 0.15) is 0 Å². The predicted octanol–water partition coefficient (Wildman–Crippen LogP) is 3.56. The summed E-state index contributed by atoms with van der Waals surface area (Å²) in [5, 5.41) is 3.11. The molecule has 114 valence electrons. The standard InChI is InChI=1S/C19H22N2O/c1-3-15-9-6-7-14(2)19(15)20-18(22)13-21-12-11-16-8-4-5-10-17(16)21/h4-10H,3,11-13H2,1-2H3,(H,20,22). The largest absolute Gasteiger partial charge is 0.362 e. The van der Waals surface area contributed by atoms with Crippen molar-refractivity contribution in [3.05, 3.63) is 59.2 Å². The highest BCUT2D eigenvalue weighted by atomic mass is 16.2. The van der Waals surface area contributed by atoms with E-state index in [2.05, 4.69) is 41.4 Å². The fraction of sp³-hybridized carbons (Fsp3) is 0.316. The van der Waals surface area contributed by atoms with Crippen LogP contribution in [0.2, 0.25) is 0 Å². The van der Waals surface area contributed by atoms with Crippen LogP contribution in [0, 0.1) is 6.92 Å². The maximum absolute atomic E-state index is 12.4. The monoisotopic (exact) mass is 294 g/mol. The molecule has 2 aromatic carbocycles. The van der Waals surface area contributed by atoms with Crippen LogP contribution < -0.4 is 10.2 Å². The van der Waals surface area contributed by atoms with Crippen molar-refractivity contribution in [3.8, 4) is 0 Å². The molecule has 1 heterocycles. The molecule has 0 saturated heterocycles. The number of rotatable bonds is 4. The Bertz CT molecular complexity index is 694. The molecule has 1 aliphatic rings. The summed E-state index contributed by atoms with van der Waals surface area (Å²) < 4.78 is 0. The minimum atomic E-state index is 0.0562. The lowest BCUT2D eigenvalue weighted by Crippen LogP contribution is -2.32. The molecular weight excluding hydrogens is 272 g/mol. The first-order chi connectivity index (χ1) is 10.7. The van der Waals surface area contributed by atoms with Crippen molar-refractivity contribution in [2.45, 2.75) is 26.7 Å². The molecule has 1 aliphatic heterocycles. The van der Waals surface area contributed by atoms with Crippen molar-refractivity contribution in [2.75, 3.05) is 23.3 Å². The summed E-state index contributed by atoms with van der Waals surface area (Å²) in [6.45, 7) is 5.48. The lowest BCUT2D eigenvalue weighted by atomic mass is 10.1. The van der Waals surface area contributed by atoms with E-state index in [1.807, 2.05) is 25.1 Å². The van der Waals surface area contributed by atoms with Gasteiger partial charge in [-0.15, -0.1) is 0 Å². The molecule has 0 atom stereocenters. The zero-order chi connectivity index (χ0) is 15.5. The molecule has 0 fully saturated rings. The Morgan fingerprint density at radius 2 is 2.00 bits per heavy atom. The minimum absolute atomic E-state index is 0.0562. The summed E-state index contributed by atoms with van der Waals surface area (Å²) in [7, 11) is 0. The van der Waals surface area contributed by atoms with Crippen LogP contribution in [-0.2, 0) is 17.6 Å². The first-order valence-corrected chi connectivity index (χ1v) is 7.90. The molecule has 3 heteroatoms. The molecule has 1 amide bonds. The average molecular weight is 294 g/mol. The van der Waals surface area contributed by atoms with E-state index in [1.165, 1.54) is 16.8 Å². The van der Waals surface area contributed by atoms with Gasteiger partial charge >= 0.3 is 0 Å². The van der Waals surface area contributed by atoms with E-state index in [4.69, 9.17) is 0 Å². The van der Waals surface area contributed by atoms with Crippen LogP contribution >= 0.6 is 0 Å². The topological polar surface area (TPSA) is 32.3 Å². The number of nitrogens with zero attached hydrogens (tertiary/aromatic N) is 1. The van der Waals surface area contributed by atoms with Gasteiger partial charge in [-0.05, 0) is 42.5 Å². The zero-order valence-corrected chi connectivity index (χ0v) is 13.2. The summed E-state index contributed by atoms with van der Waals surface area (Å²) in [5.41, 5.74) is 5.81. The van der Waals surface area contributed by atoms with Crippen LogP contribution in [0.3, 0.4) is 0 Å². The molecule has 2 aromatic rings. The molecule has 3 nitrogen and oxygen atoms in total. The third kappa shape index (κ3) is 2.84. The molecule has 3 rings (SSSR count). The van der Waals surface area contributed by atoms with Crippen molar-refractivity contribution in [2.24, 2.45) is 0 Å². The highest BCUT2D eigenvalue weighted by Crippen LogP contribution is 2.27. The molecule has 22 heavy (non-hydrogen) atoms. The number of carbonyl (C=O) groups is 1. The number of benzene rings is 2. The Morgan fingerprint density at radius 1 is 1.18 bits per heavy atom. The third-order valence-electron chi connectivity index (χ3n) is 4.32. The van der Waals surface area contributed by atoms with E-state index < -0.39 is 0 Å². The summed E-state index contributed by atoms with van der Waals surface area (Å²) in [5.74, 6) is 0.0562. The van der Waals surface area contributed by atoms with Gasteiger partial charge < -0.3 is 10.2 Å². The van der Waals surface area contributed by atoms with Gasteiger partial charge in [-0.25, -0.2) is 0 Å². The Labute approximate surface area is 132 Å². The van der Waals surface area contributed by atoms with Crippen LogP contribution in [0.15, 0.2) is 42.5 Å². The quantitative estimate of drug-likeness (QED) is 0.935. The second kappa shape index (κ2) is 6.22. The first-order valence-electron chi connectivity index (χ1n) is 7.90. The van der Waals surface area contributed by atoms with Gasteiger partial charge in [-0.2, -0.15) is 0 Å². The van der Waals surface area contributed by atoms with E-state index in [1.54, 1.807) is 0 Å². The Balaban J connectivity index is 1.72. The average Bonchev–Trinajstić information content (AvgIpc) is 2.92. The van der Waals surface area contributed by atoms with Crippen LogP contribution in [-0.4, -0.2) is 19.0 Å². The number of fused-ring (bicyclic) bond motifs is 1. The number of nitrogens with one attached hydrogen (secondary N) is 1. The third-order valence-corrected chi connectivity index (χ3v) is 4.32. The SMILES string of the molecule is CCc1cccc(C)c1NC(=O)CN1CCc2ccccc21. The van der Waals surface area contributed by atoms with Gasteiger partial charge in [0.15, 0.2) is 0 Å². The van der Waals surface area contributed by atoms with Gasteiger partial charge in [0.25, 0.3) is 0 Å². The van der Waals surface area contributed by atoms with Crippen LogP contribution in [0.4, 0.5) is 11.4 Å². The Morgan fingerprint density at radius 3 is 2.82 bits per heavy atom. The normalized spacial score (nSPS) is 13.1. The summed E-state index contributed by atoms with van der Waals surface area (Å²) in [4.78, 5) is 14.6. The Hall–Kier alpha value is -2.29. The number of hydrogen-bond donors (Lipinski definition) is 1. The van der Waals surface area contributed by atoms with Gasteiger partial charge in [-0.3, -0.25) is 4.79 Å². The molecular formula is C19H22N2O. The van der Waals surface area contributed by atoms with Gasteiger partial charge in [-0.1, -0.05) is 43.3 Å². The second-order valence-electron chi connectivity index (χ2n) is 5.81. The van der Waals surface area contributed by atoms with Crippen LogP contribution in [0.5, 0.6) is 0 Å². The molecule has 0 spiro atoms. The fourth-order valence-corrected chi connectivity index (χ4v) is 3.13. The Kier molecular flexibility index (Phi) is 4.14. The van der Waals surface area contributed by atoms with Crippen molar-refractivity contribution in [1.29, 1.82) is 0 Å². The smallest absolute Gasteiger partial charge is 0.243 e. The molecule has 0 radical (unpaired) electrons. The minimum Gasteiger partial charge on any atom is -0.362 e. The van der Waals surface area contributed by atoms with E-state index in [0.29, 0.717) is 6.54 Å². The summed E-state index contributed by atoms with van der Waals surface area (Å²) >= 11 is 0. The van der Waals surface area contributed by atoms with Gasteiger partial charge in [0.05, 0.1) is 6.54 Å². The number of anilines is 2. The van der Waals surface area contributed by atoms with Crippen molar-refractivity contribution in [3.63, 3.8) is 0 Å². The summed E-state index contributed by atoms with van der Waals surface area (Å²) in [6.07, 6.45) is 1.94. The molecule has 1 N–H and O–H groups in total. The molecule has 0 saturated carbocycles. The molecule has 0 aromatic heterocycles. The molecule has 0 unspecified atom stereocenters. The predicted molar refractivity (Wildman–Crippen MR) is 91.5 cm³/mol. The highest BCUT2D eigenvalue weighted by Gasteiger charge is 2.20. The van der Waals surface area contributed by atoms with E-state index in [9.17, 15) is 4.79 Å². The second-order valence-corrected chi connectivity index (χ2v) is 5.81. The lowest BCUT2D eigenvalue weighted by Gasteiger charge is -2.20. The maximum atomic E-state index is 12.4. The number of aryl methyl sites for hydroxylation is 2. The number of carbonyl (C=O) groups excluding carboxylic acids is 1. The van der Waals surface area contributed by atoms with Crippen molar-refractivity contribution >= 4 is 17.3 Å². The van der Waals surface area contributed by atoms with Crippen molar-refractivity contribution < 1.29 is 4.79 Å². The van der Waals surface area contributed by atoms with Gasteiger partial charge in [0, 0.05) is 17.9 Å². The lowest BCUT2D eigenvalue weighted by molar-refractivity contribution is -0.115. The van der Waals surface area contributed by atoms with E-state index in [-0.39, 0.29) is 5.91 Å². The molecule has 0 bridgehead atoms. The zero-order valence-electron chi connectivity index (χ0n) is 13.2. The maximum Gasteiger partial charge on any atom is 0.243 e. The van der Waals surface area contributed by atoms with E-state index >= 15 is 0 Å². The van der Waals surface area contributed by atoms with Crippen LogP contribution in [0.1, 0.15) is 23.6 Å². The molecule has 0 aliphatic carbocycles. The van der Waals surface area contributed by atoms with Crippen molar-refractivity contribution in [1.82, 2.24) is 0 Å². The van der Waals surface area contributed by atoms with E-state index in [0.717, 1.165) is 30.6 Å². The number of hydrogen-bond acceptors (Lipinski definition) is 2. The first kappa shape index (κ1) is 14.6. The number of amides is 1. The van der Waals surface area contributed by atoms with Crippen LogP contribution in [0.25, 0.3) is 0 Å². The number of para-hydroxylation sites is 2. The summed E-state index contributed by atoms with van der Waals surface area (Å²) in [6, 6.07) is 14.5. The highest BCUT2D eigenvalue weighted by molar-refractivity contribution is 5.95.